The van der Waals surface area contributed by atoms with Gasteiger partial charge < -0.3 is 15.2 Å². The average molecular weight is 419 g/mol. The van der Waals surface area contributed by atoms with Crippen LogP contribution < -0.4 is 15.8 Å². The fraction of sp³-hybridized carbons (Fsp3) is 0.409. The van der Waals surface area contributed by atoms with Crippen molar-refractivity contribution in [3.8, 4) is 0 Å². The van der Waals surface area contributed by atoms with Gasteiger partial charge in [-0.15, -0.1) is 0 Å². The van der Waals surface area contributed by atoms with Crippen LogP contribution in [0.1, 0.15) is 35.1 Å². The first-order chi connectivity index (χ1) is 15.1. The standard InChI is InChI=1S/C22H25N7O2/c1-3-15-22(31)27-17-8-13(10-25-20(17)26-15)12-28-6-7-29(19-9-18(19)28)14-4-5-16(24-11-14)21(30)23-2/h4-5,8,10-11,18-19H,3,6-7,9,12H2,1-2H3,(H,23,30)(H,27,31)/t18-,19?/m0/s1. The van der Waals surface area contributed by atoms with Gasteiger partial charge in [-0.05, 0) is 36.6 Å². The van der Waals surface area contributed by atoms with Crippen LogP contribution in [-0.2, 0) is 13.0 Å². The van der Waals surface area contributed by atoms with Crippen molar-refractivity contribution < 1.29 is 4.79 Å². The maximum atomic E-state index is 12.1. The number of anilines is 1. The monoisotopic (exact) mass is 419 g/mol. The molecule has 4 heterocycles. The summed E-state index contributed by atoms with van der Waals surface area (Å²) in [6.45, 7) is 4.54. The second kappa shape index (κ2) is 7.73. The van der Waals surface area contributed by atoms with E-state index in [1.165, 1.54) is 0 Å². The summed E-state index contributed by atoms with van der Waals surface area (Å²) in [5.41, 5.74) is 4.21. The van der Waals surface area contributed by atoms with Gasteiger partial charge in [-0.3, -0.25) is 14.5 Å². The molecule has 5 rings (SSSR count). The number of pyridine rings is 2. The highest BCUT2D eigenvalue weighted by molar-refractivity contribution is 5.92. The third-order valence-electron chi connectivity index (χ3n) is 6.16. The SMILES string of the molecule is CCc1nc2ncc(CN3CCN(c4ccc(C(=O)NC)nc4)C4C[C@@H]43)cc2[nH]c1=O. The van der Waals surface area contributed by atoms with Gasteiger partial charge in [0.2, 0.25) is 0 Å². The molecule has 9 nitrogen and oxygen atoms in total. The highest BCUT2D eigenvalue weighted by atomic mass is 16.1. The quantitative estimate of drug-likeness (QED) is 0.638. The number of fused-ring (bicyclic) bond motifs is 2. The molecule has 1 amide bonds. The van der Waals surface area contributed by atoms with E-state index in [1.807, 2.05) is 25.3 Å². The molecule has 0 bridgehead atoms. The van der Waals surface area contributed by atoms with Crippen molar-refractivity contribution in [2.45, 2.75) is 38.4 Å². The number of amides is 1. The molecule has 2 atom stereocenters. The number of nitrogens with one attached hydrogen (secondary N) is 2. The van der Waals surface area contributed by atoms with Crippen LogP contribution in [0.25, 0.3) is 11.2 Å². The lowest BCUT2D eigenvalue weighted by atomic mass is 10.2. The van der Waals surface area contributed by atoms with Gasteiger partial charge in [0.05, 0.1) is 17.4 Å². The molecule has 1 unspecified atom stereocenters. The molecule has 0 aromatic carbocycles. The van der Waals surface area contributed by atoms with Gasteiger partial charge >= 0.3 is 0 Å². The Morgan fingerprint density at radius 2 is 2.10 bits per heavy atom. The number of piperazine rings is 1. The minimum atomic E-state index is -0.174. The molecule has 31 heavy (non-hydrogen) atoms. The Hall–Kier alpha value is -3.33. The molecular weight excluding hydrogens is 394 g/mol. The Morgan fingerprint density at radius 1 is 1.23 bits per heavy atom. The van der Waals surface area contributed by atoms with E-state index in [-0.39, 0.29) is 11.5 Å². The lowest BCUT2D eigenvalue weighted by Gasteiger charge is -2.35. The predicted molar refractivity (Wildman–Crippen MR) is 117 cm³/mol. The van der Waals surface area contributed by atoms with Gasteiger partial charge in [0.1, 0.15) is 11.4 Å². The molecule has 1 saturated carbocycles. The van der Waals surface area contributed by atoms with Gasteiger partial charge in [-0.1, -0.05) is 6.92 Å². The van der Waals surface area contributed by atoms with Crippen molar-refractivity contribution in [3.05, 3.63) is 57.9 Å². The summed E-state index contributed by atoms with van der Waals surface area (Å²) in [4.78, 5) is 44.7. The Morgan fingerprint density at radius 3 is 2.84 bits per heavy atom. The lowest BCUT2D eigenvalue weighted by Crippen LogP contribution is -2.46. The molecule has 2 aliphatic rings. The summed E-state index contributed by atoms with van der Waals surface area (Å²) >= 11 is 0. The first kappa shape index (κ1) is 19.6. The lowest BCUT2D eigenvalue weighted by molar-refractivity contribution is 0.0958. The summed E-state index contributed by atoms with van der Waals surface area (Å²) in [5.74, 6) is -0.174. The fourth-order valence-corrected chi connectivity index (χ4v) is 4.41. The van der Waals surface area contributed by atoms with E-state index in [1.54, 1.807) is 19.3 Å². The summed E-state index contributed by atoms with van der Waals surface area (Å²) in [6.07, 6.45) is 5.34. The first-order valence-electron chi connectivity index (χ1n) is 10.6. The highest BCUT2D eigenvalue weighted by Gasteiger charge is 2.48. The minimum Gasteiger partial charge on any atom is -0.364 e. The molecule has 1 aliphatic carbocycles. The predicted octanol–water partition coefficient (Wildman–Crippen LogP) is 1.10. The van der Waals surface area contributed by atoms with Crippen molar-refractivity contribution in [3.63, 3.8) is 0 Å². The third-order valence-corrected chi connectivity index (χ3v) is 6.16. The van der Waals surface area contributed by atoms with E-state index in [4.69, 9.17) is 0 Å². The Labute approximate surface area is 179 Å². The second-order valence-corrected chi connectivity index (χ2v) is 8.10. The maximum absolute atomic E-state index is 12.1. The highest BCUT2D eigenvalue weighted by Crippen LogP contribution is 2.39. The Balaban J connectivity index is 1.27. The second-order valence-electron chi connectivity index (χ2n) is 8.10. The molecule has 3 aromatic rings. The number of carbonyl (C=O) groups excluding carboxylic acids is 1. The van der Waals surface area contributed by atoms with E-state index in [2.05, 4.69) is 35.1 Å². The fourth-order valence-electron chi connectivity index (χ4n) is 4.41. The van der Waals surface area contributed by atoms with Crippen molar-refractivity contribution in [1.82, 2.24) is 30.2 Å². The van der Waals surface area contributed by atoms with Crippen LogP contribution in [0, 0.1) is 0 Å². The summed E-state index contributed by atoms with van der Waals surface area (Å²) in [7, 11) is 1.60. The van der Waals surface area contributed by atoms with E-state index < -0.39 is 0 Å². The zero-order chi connectivity index (χ0) is 21.5. The zero-order valence-electron chi connectivity index (χ0n) is 17.6. The van der Waals surface area contributed by atoms with Crippen molar-refractivity contribution in [2.75, 3.05) is 25.0 Å². The summed E-state index contributed by atoms with van der Waals surface area (Å²) in [6, 6.07) is 6.69. The van der Waals surface area contributed by atoms with Gasteiger partial charge in [-0.25, -0.2) is 15.0 Å². The van der Waals surface area contributed by atoms with Gasteiger partial charge in [0.15, 0.2) is 5.65 Å². The van der Waals surface area contributed by atoms with E-state index in [0.29, 0.717) is 41.1 Å². The van der Waals surface area contributed by atoms with Crippen LogP contribution in [0.5, 0.6) is 0 Å². The third kappa shape index (κ3) is 3.65. The molecule has 9 heteroatoms. The topological polar surface area (TPSA) is 107 Å². The number of hydrogen-bond acceptors (Lipinski definition) is 7. The Bertz CT molecular complexity index is 1190. The van der Waals surface area contributed by atoms with Crippen molar-refractivity contribution in [1.29, 1.82) is 0 Å². The number of H-pyrrole nitrogens is 1. The first-order valence-corrected chi connectivity index (χ1v) is 10.6. The summed E-state index contributed by atoms with van der Waals surface area (Å²) in [5, 5.41) is 2.60. The summed E-state index contributed by atoms with van der Waals surface area (Å²) < 4.78 is 0. The number of nitrogens with zero attached hydrogens (tertiary/aromatic N) is 5. The number of carbonyl (C=O) groups is 1. The van der Waals surface area contributed by atoms with Crippen molar-refractivity contribution in [2.24, 2.45) is 0 Å². The van der Waals surface area contributed by atoms with Crippen LogP contribution in [0.2, 0.25) is 0 Å². The van der Waals surface area contributed by atoms with Gasteiger partial charge in [0, 0.05) is 45.0 Å². The van der Waals surface area contributed by atoms with Crippen LogP contribution >= 0.6 is 0 Å². The smallest absolute Gasteiger partial charge is 0.270 e. The van der Waals surface area contributed by atoms with E-state index in [9.17, 15) is 9.59 Å². The number of aromatic amines is 1. The van der Waals surface area contributed by atoms with Gasteiger partial charge in [-0.2, -0.15) is 0 Å². The molecule has 160 valence electrons. The normalized spacial score (nSPS) is 20.5. The molecule has 0 radical (unpaired) electrons. The molecule has 2 fully saturated rings. The molecule has 1 aliphatic heterocycles. The largest absolute Gasteiger partial charge is 0.364 e. The van der Waals surface area contributed by atoms with Crippen LogP contribution in [0.3, 0.4) is 0 Å². The zero-order valence-corrected chi connectivity index (χ0v) is 17.6. The molecule has 1 saturated heterocycles. The number of aromatic nitrogens is 4. The molecular formula is C22H25N7O2. The van der Waals surface area contributed by atoms with E-state index >= 15 is 0 Å². The number of aryl methyl sites for hydroxylation is 1. The Kier molecular flexibility index (Phi) is 4.90. The average Bonchev–Trinajstić information content (AvgIpc) is 3.60. The van der Waals surface area contributed by atoms with Gasteiger partial charge in [0.25, 0.3) is 11.5 Å². The van der Waals surface area contributed by atoms with Crippen LogP contribution in [0.4, 0.5) is 5.69 Å². The molecule has 0 spiro atoms. The minimum absolute atomic E-state index is 0.138. The van der Waals surface area contributed by atoms with E-state index in [0.717, 1.165) is 37.3 Å². The van der Waals surface area contributed by atoms with Crippen LogP contribution in [0.15, 0.2) is 35.4 Å². The number of rotatable bonds is 5. The molecule has 3 aromatic heterocycles. The van der Waals surface area contributed by atoms with Crippen molar-refractivity contribution >= 4 is 22.8 Å². The molecule has 2 N–H and O–H groups in total. The number of hydrogen-bond donors (Lipinski definition) is 2. The van der Waals surface area contributed by atoms with Crippen LogP contribution in [-0.4, -0.2) is 63.0 Å². The maximum Gasteiger partial charge on any atom is 0.270 e.